The molecule has 11 rings (SSSR count). The Balaban J connectivity index is 1.10. The van der Waals surface area contributed by atoms with Crippen LogP contribution in [-0.4, -0.2) is 34.4 Å². The molecule has 5 heteroatoms. The summed E-state index contributed by atoms with van der Waals surface area (Å²) >= 11 is 0. The molecule has 0 amide bonds. The van der Waals surface area contributed by atoms with Crippen molar-refractivity contribution >= 4 is 34.6 Å². The number of aromatic nitrogens is 1. The van der Waals surface area contributed by atoms with Gasteiger partial charge < -0.3 is 18.9 Å². The molecule has 0 radical (unpaired) electrons. The van der Waals surface area contributed by atoms with Crippen LogP contribution in [0.1, 0.15) is 36.6 Å². The number of nitrogens with zero attached hydrogens (tertiary/aromatic N) is 2. The van der Waals surface area contributed by atoms with Crippen LogP contribution in [0.3, 0.4) is 0 Å². The normalized spacial score (nSPS) is 28.9. The van der Waals surface area contributed by atoms with E-state index in [-0.39, 0.29) is 36.6 Å². The number of benzene rings is 3. The fraction of sp³-hybridized carbons (Fsp3) is 0.238. The Kier molecular flexibility index (Phi) is 5.47. The molecule has 1 saturated heterocycles. The standard InChI is InChI=1S/C42H35BN2O2/c1-2-12-26(13-3-1)45-36-24-27(44-34-18-8-4-14-28(34)29-15-5-9-19-35(29)44)22-23-30(36)31-25-39-40-42(41(31)45)47-38-21-11-7-17-33(38)43(40)32-16-6-10-20-37(32)46-39/h1-4,6-12,14,16-23,25-27,30,36,39-40H,5,13,15,24H2. The van der Waals surface area contributed by atoms with Crippen molar-refractivity contribution in [2.24, 2.45) is 5.92 Å². The van der Waals surface area contributed by atoms with E-state index in [0.717, 1.165) is 42.9 Å². The number of rotatable bonds is 2. The fourth-order valence-electron chi connectivity index (χ4n) is 9.98. The van der Waals surface area contributed by atoms with Crippen molar-refractivity contribution in [3.63, 3.8) is 0 Å². The van der Waals surface area contributed by atoms with Gasteiger partial charge in [0, 0.05) is 34.4 Å². The molecule has 4 aliphatic carbocycles. The van der Waals surface area contributed by atoms with Crippen molar-refractivity contribution in [1.82, 2.24) is 9.47 Å². The van der Waals surface area contributed by atoms with Gasteiger partial charge in [-0.05, 0) is 78.1 Å². The summed E-state index contributed by atoms with van der Waals surface area (Å²) in [7, 11) is 0. The van der Waals surface area contributed by atoms with Gasteiger partial charge in [-0.3, -0.25) is 0 Å². The van der Waals surface area contributed by atoms with Gasteiger partial charge in [0.1, 0.15) is 23.4 Å². The van der Waals surface area contributed by atoms with Crippen molar-refractivity contribution in [3.05, 3.63) is 150 Å². The van der Waals surface area contributed by atoms with E-state index in [4.69, 9.17) is 9.47 Å². The van der Waals surface area contributed by atoms with E-state index in [1.54, 1.807) is 0 Å². The molecule has 3 aliphatic heterocycles. The molecule has 1 fully saturated rings. The third-order valence-electron chi connectivity index (χ3n) is 11.8. The largest absolute Gasteiger partial charge is 0.487 e. The van der Waals surface area contributed by atoms with Gasteiger partial charge in [-0.2, -0.15) is 0 Å². The van der Waals surface area contributed by atoms with E-state index in [9.17, 15) is 0 Å². The number of para-hydroxylation sites is 3. The zero-order valence-electron chi connectivity index (χ0n) is 26.2. The first kappa shape index (κ1) is 26.2. The summed E-state index contributed by atoms with van der Waals surface area (Å²) in [4.78, 5) is 2.76. The minimum Gasteiger partial charge on any atom is -0.487 e. The summed E-state index contributed by atoms with van der Waals surface area (Å²) in [6.45, 7) is 0.189. The lowest BCUT2D eigenvalue weighted by atomic mass is 9.30. The molecule has 228 valence electrons. The highest BCUT2D eigenvalue weighted by Crippen LogP contribution is 2.55. The molecule has 47 heavy (non-hydrogen) atoms. The second-order valence-corrected chi connectivity index (χ2v) is 14.1. The SMILES string of the molecule is C1=CCC(N2C3=C4Oc5ccccc5B5c6ccccc6OC(C=C3C3C=CC(n6c7c(c8ccccc86)CCC=C7)CC32)C54)C=C1. The maximum Gasteiger partial charge on any atom is 0.234 e. The van der Waals surface area contributed by atoms with E-state index in [0.29, 0.717) is 6.04 Å². The second kappa shape index (κ2) is 9.81. The summed E-state index contributed by atoms with van der Waals surface area (Å²) in [5.41, 5.74) is 9.46. The van der Waals surface area contributed by atoms with Crippen LogP contribution in [-0.2, 0) is 6.42 Å². The molecule has 4 heterocycles. The van der Waals surface area contributed by atoms with Crippen molar-refractivity contribution < 1.29 is 9.47 Å². The smallest absolute Gasteiger partial charge is 0.234 e. The van der Waals surface area contributed by atoms with E-state index >= 15 is 0 Å². The van der Waals surface area contributed by atoms with Gasteiger partial charge in [-0.15, -0.1) is 0 Å². The molecule has 7 aliphatic rings. The van der Waals surface area contributed by atoms with Gasteiger partial charge in [0.15, 0.2) is 0 Å². The van der Waals surface area contributed by atoms with Crippen molar-refractivity contribution in [2.45, 2.75) is 55.7 Å². The van der Waals surface area contributed by atoms with Gasteiger partial charge in [0.05, 0.1) is 17.8 Å². The molecule has 0 saturated carbocycles. The van der Waals surface area contributed by atoms with E-state index in [1.807, 2.05) is 0 Å². The number of ether oxygens (including phenoxy) is 2. The Labute approximate surface area is 275 Å². The van der Waals surface area contributed by atoms with Gasteiger partial charge in [-0.25, -0.2) is 0 Å². The summed E-state index contributed by atoms with van der Waals surface area (Å²) in [6.07, 6.45) is 25.6. The fourth-order valence-corrected chi connectivity index (χ4v) is 9.98. The number of likely N-dealkylation sites (tertiary alicyclic amines) is 1. The average molecular weight is 611 g/mol. The molecule has 0 N–H and O–H groups in total. The predicted molar refractivity (Wildman–Crippen MR) is 190 cm³/mol. The van der Waals surface area contributed by atoms with Gasteiger partial charge in [0.25, 0.3) is 0 Å². The highest BCUT2D eigenvalue weighted by molar-refractivity contribution is 6.88. The lowest BCUT2D eigenvalue weighted by Crippen LogP contribution is -2.59. The lowest BCUT2D eigenvalue weighted by Gasteiger charge is -2.45. The molecule has 4 nitrogen and oxygen atoms in total. The predicted octanol–water partition coefficient (Wildman–Crippen LogP) is 7.27. The summed E-state index contributed by atoms with van der Waals surface area (Å²) in [6, 6.07) is 27.2. The topological polar surface area (TPSA) is 26.6 Å². The maximum absolute atomic E-state index is 7.10. The van der Waals surface area contributed by atoms with Crippen molar-refractivity contribution in [3.8, 4) is 11.5 Å². The molecule has 0 spiro atoms. The first-order valence-corrected chi connectivity index (χ1v) is 17.4. The van der Waals surface area contributed by atoms with E-state index in [1.165, 1.54) is 44.4 Å². The first-order valence-electron chi connectivity index (χ1n) is 17.4. The van der Waals surface area contributed by atoms with Crippen LogP contribution in [0.15, 0.2) is 138 Å². The first-order chi connectivity index (χ1) is 23.3. The third-order valence-corrected chi connectivity index (χ3v) is 11.8. The number of allylic oxidation sites excluding steroid dienone is 5. The van der Waals surface area contributed by atoms with Crippen LogP contribution in [0.25, 0.3) is 17.0 Å². The van der Waals surface area contributed by atoms with Crippen molar-refractivity contribution in [2.75, 3.05) is 0 Å². The number of aryl methyl sites for hydroxylation is 1. The van der Waals surface area contributed by atoms with Gasteiger partial charge in [-0.1, -0.05) is 97.1 Å². The Morgan fingerprint density at radius 3 is 2.51 bits per heavy atom. The Morgan fingerprint density at radius 2 is 1.62 bits per heavy atom. The molecular formula is C42H35BN2O2. The van der Waals surface area contributed by atoms with E-state index < -0.39 is 0 Å². The van der Waals surface area contributed by atoms with Crippen LogP contribution in [0.4, 0.5) is 0 Å². The molecule has 6 atom stereocenters. The van der Waals surface area contributed by atoms with Gasteiger partial charge in [0.2, 0.25) is 6.71 Å². The Morgan fingerprint density at radius 1 is 0.787 bits per heavy atom. The van der Waals surface area contributed by atoms with Crippen LogP contribution >= 0.6 is 0 Å². The molecule has 3 aromatic carbocycles. The van der Waals surface area contributed by atoms with Crippen LogP contribution < -0.4 is 20.4 Å². The monoisotopic (exact) mass is 610 g/mol. The number of fused-ring (bicyclic) bond motifs is 10. The highest BCUT2D eigenvalue weighted by Gasteiger charge is 2.56. The number of hydrogen-bond acceptors (Lipinski definition) is 3. The molecule has 1 aromatic heterocycles. The minimum atomic E-state index is -0.0731. The summed E-state index contributed by atoms with van der Waals surface area (Å²) in [5, 5.41) is 1.41. The maximum atomic E-state index is 7.10. The summed E-state index contributed by atoms with van der Waals surface area (Å²) < 4.78 is 16.6. The Hall–Kier alpha value is -4.90. The van der Waals surface area contributed by atoms with E-state index in [2.05, 4.69) is 137 Å². The second-order valence-electron chi connectivity index (χ2n) is 14.1. The van der Waals surface area contributed by atoms with Crippen molar-refractivity contribution in [1.29, 1.82) is 0 Å². The zero-order chi connectivity index (χ0) is 30.6. The van der Waals surface area contributed by atoms with Crippen LogP contribution in [0.2, 0.25) is 5.82 Å². The zero-order valence-corrected chi connectivity index (χ0v) is 26.2. The van der Waals surface area contributed by atoms with Crippen LogP contribution in [0, 0.1) is 5.92 Å². The lowest BCUT2D eigenvalue weighted by molar-refractivity contribution is 0.182. The third kappa shape index (κ3) is 3.60. The molecule has 4 aromatic rings. The quantitative estimate of drug-likeness (QED) is 0.177. The average Bonchev–Trinajstić information content (AvgIpc) is 3.64. The molecule has 6 unspecified atom stereocenters. The molecular weight excluding hydrogens is 575 g/mol. The highest BCUT2D eigenvalue weighted by atomic mass is 16.5. The number of hydrogen-bond donors (Lipinski definition) is 0. The molecule has 0 bridgehead atoms. The van der Waals surface area contributed by atoms with Gasteiger partial charge >= 0.3 is 0 Å². The Bertz CT molecular complexity index is 2180. The summed E-state index contributed by atoms with van der Waals surface area (Å²) in [5.74, 6) is 3.45. The van der Waals surface area contributed by atoms with Crippen LogP contribution in [0.5, 0.6) is 11.5 Å². The minimum absolute atomic E-state index is 0.0731.